The number of piperazine rings is 1. The lowest BCUT2D eigenvalue weighted by molar-refractivity contribution is 0.00220. The SMILES string of the molecule is CC(C)(C)CCN1CCN(CC(O)CN2CCOCC2)CC1. The van der Waals surface area contributed by atoms with Crippen LogP contribution in [0.2, 0.25) is 0 Å². The molecule has 0 aromatic heterocycles. The highest BCUT2D eigenvalue weighted by atomic mass is 16.5. The molecule has 1 unspecified atom stereocenters. The summed E-state index contributed by atoms with van der Waals surface area (Å²) in [5.41, 5.74) is 0.422. The van der Waals surface area contributed by atoms with Crippen molar-refractivity contribution in [3.8, 4) is 0 Å². The Bertz CT molecular complexity index is 306. The highest BCUT2D eigenvalue weighted by molar-refractivity contribution is 4.77. The first-order valence-corrected chi connectivity index (χ1v) is 8.85. The molecule has 0 spiro atoms. The Morgan fingerprint density at radius 3 is 1.91 bits per heavy atom. The molecule has 0 radical (unpaired) electrons. The van der Waals surface area contributed by atoms with E-state index in [0.29, 0.717) is 5.41 Å². The highest BCUT2D eigenvalue weighted by Gasteiger charge is 2.22. The van der Waals surface area contributed by atoms with Gasteiger partial charge in [0.05, 0.1) is 19.3 Å². The fourth-order valence-corrected chi connectivity index (χ4v) is 3.13. The molecule has 0 saturated carbocycles. The number of hydrogen-bond acceptors (Lipinski definition) is 5. The van der Waals surface area contributed by atoms with Gasteiger partial charge in [0.25, 0.3) is 0 Å². The second kappa shape index (κ2) is 8.60. The second-order valence-electron chi connectivity index (χ2n) is 8.02. The molecule has 130 valence electrons. The minimum atomic E-state index is -0.237. The van der Waals surface area contributed by atoms with Crippen LogP contribution in [0.4, 0.5) is 0 Å². The van der Waals surface area contributed by atoms with Gasteiger partial charge in [-0.1, -0.05) is 20.8 Å². The van der Waals surface area contributed by atoms with Crippen molar-refractivity contribution in [2.45, 2.75) is 33.3 Å². The lowest BCUT2D eigenvalue weighted by Crippen LogP contribution is -2.51. The fraction of sp³-hybridized carbons (Fsp3) is 1.00. The molecule has 0 bridgehead atoms. The number of aliphatic hydroxyl groups is 1. The van der Waals surface area contributed by atoms with Gasteiger partial charge in [0.2, 0.25) is 0 Å². The maximum atomic E-state index is 10.3. The van der Waals surface area contributed by atoms with Crippen molar-refractivity contribution < 1.29 is 9.84 Å². The summed E-state index contributed by atoms with van der Waals surface area (Å²) in [5.74, 6) is 0. The number of hydrogen-bond donors (Lipinski definition) is 1. The van der Waals surface area contributed by atoms with Gasteiger partial charge in [-0.05, 0) is 18.4 Å². The summed E-state index contributed by atoms with van der Waals surface area (Å²) in [6, 6.07) is 0. The van der Waals surface area contributed by atoms with Crippen LogP contribution < -0.4 is 0 Å². The van der Waals surface area contributed by atoms with Gasteiger partial charge in [-0.2, -0.15) is 0 Å². The van der Waals surface area contributed by atoms with Gasteiger partial charge in [-0.3, -0.25) is 9.80 Å². The van der Waals surface area contributed by atoms with Crippen LogP contribution in [-0.4, -0.2) is 98.0 Å². The molecule has 22 heavy (non-hydrogen) atoms. The highest BCUT2D eigenvalue weighted by Crippen LogP contribution is 2.19. The van der Waals surface area contributed by atoms with E-state index >= 15 is 0 Å². The summed E-state index contributed by atoms with van der Waals surface area (Å²) in [6.07, 6.45) is 1.02. The molecular weight excluding hydrogens is 278 g/mol. The average molecular weight is 313 g/mol. The van der Waals surface area contributed by atoms with E-state index in [-0.39, 0.29) is 6.10 Å². The number of rotatable bonds is 6. The summed E-state index contributed by atoms with van der Waals surface area (Å²) in [6.45, 7) is 17.7. The van der Waals surface area contributed by atoms with Crippen LogP contribution in [0.25, 0.3) is 0 Å². The zero-order valence-electron chi connectivity index (χ0n) is 14.8. The van der Waals surface area contributed by atoms with E-state index in [9.17, 15) is 5.11 Å². The monoisotopic (exact) mass is 313 g/mol. The first-order valence-electron chi connectivity index (χ1n) is 8.85. The van der Waals surface area contributed by atoms with Gasteiger partial charge >= 0.3 is 0 Å². The molecule has 2 heterocycles. The van der Waals surface area contributed by atoms with Gasteiger partial charge < -0.3 is 14.7 Å². The lowest BCUT2D eigenvalue weighted by Gasteiger charge is -2.37. The first kappa shape index (κ1) is 18.1. The van der Waals surface area contributed by atoms with Gasteiger partial charge in [-0.15, -0.1) is 0 Å². The molecule has 5 heteroatoms. The molecule has 2 saturated heterocycles. The van der Waals surface area contributed by atoms with E-state index in [1.54, 1.807) is 0 Å². The summed E-state index contributed by atoms with van der Waals surface area (Å²) in [7, 11) is 0. The van der Waals surface area contributed by atoms with Crippen LogP contribution in [-0.2, 0) is 4.74 Å². The molecule has 0 aromatic rings. The molecule has 2 aliphatic rings. The third-order valence-electron chi connectivity index (χ3n) is 4.68. The van der Waals surface area contributed by atoms with Crippen molar-refractivity contribution in [2.24, 2.45) is 5.41 Å². The summed E-state index contributed by atoms with van der Waals surface area (Å²) < 4.78 is 5.35. The van der Waals surface area contributed by atoms with Gasteiger partial charge in [0, 0.05) is 52.4 Å². The minimum absolute atomic E-state index is 0.237. The Kier molecular flexibility index (Phi) is 7.09. The number of morpholine rings is 1. The molecule has 1 N–H and O–H groups in total. The van der Waals surface area contributed by atoms with Crippen LogP contribution in [0.1, 0.15) is 27.2 Å². The second-order valence-corrected chi connectivity index (χ2v) is 8.02. The van der Waals surface area contributed by atoms with Crippen molar-refractivity contribution in [3.05, 3.63) is 0 Å². The predicted molar refractivity (Wildman–Crippen MR) is 90.2 cm³/mol. The van der Waals surface area contributed by atoms with Crippen molar-refractivity contribution in [1.29, 1.82) is 0 Å². The molecular formula is C17H35N3O2. The summed E-state index contributed by atoms with van der Waals surface area (Å²) in [5, 5.41) is 10.3. The van der Waals surface area contributed by atoms with Crippen molar-refractivity contribution in [1.82, 2.24) is 14.7 Å². The van der Waals surface area contributed by atoms with Crippen molar-refractivity contribution >= 4 is 0 Å². The largest absolute Gasteiger partial charge is 0.390 e. The normalized spacial score (nSPS) is 24.5. The van der Waals surface area contributed by atoms with Crippen LogP contribution in [0, 0.1) is 5.41 Å². The zero-order chi connectivity index (χ0) is 16.0. The Labute approximate surface area is 136 Å². The number of nitrogens with zero attached hydrogens (tertiary/aromatic N) is 3. The average Bonchev–Trinajstić information content (AvgIpc) is 2.47. The van der Waals surface area contributed by atoms with E-state index in [4.69, 9.17) is 4.74 Å². The minimum Gasteiger partial charge on any atom is -0.390 e. The predicted octanol–water partition coefficient (Wildman–Crippen LogP) is 0.733. The summed E-state index contributed by atoms with van der Waals surface area (Å²) in [4.78, 5) is 7.29. The van der Waals surface area contributed by atoms with E-state index in [1.165, 1.54) is 13.0 Å². The van der Waals surface area contributed by atoms with Crippen LogP contribution in [0.3, 0.4) is 0 Å². The number of ether oxygens (including phenoxy) is 1. The van der Waals surface area contributed by atoms with Gasteiger partial charge in [0.1, 0.15) is 0 Å². The third kappa shape index (κ3) is 6.92. The molecule has 2 rings (SSSR count). The Morgan fingerprint density at radius 2 is 1.36 bits per heavy atom. The third-order valence-corrected chi connectivity index (χ3v) is 4.68. The lowest BCUT2D eigenvalue weighted by atomic mass is 9.92. The zero-order valence-corrected chi connectivity index (χ0v) is 14.8. The van der Waals surface area contributed by atoms with E-state index < -0.39 is 0 Å². The quantitative estimate of drug-likeness (QED) is 0.783. The fourth-order valence-electron chi connectivity index (χ4n) is 3.13. The molecule has 2 aliphatic heterocycles. The first-order chi connectivity index (χ1) is 10.4. The van der Waals surface area contributed by atoms with E-state index in [2.05, 4.69) is 35.5 Å². The Hall–Kier alpha value is -0.200. The van der Waals surface area contributed by atoms with Crippen LogP contribution in [0.15, 0.2) is 0 Å². The van der Waals surface area contributed by atoms with Crippen LogP contribution >= 0.6 is 0 Å². The van der Waals surface area contributed by atoms with Crippen molar-refractivity contribution in [2.75, 3.05) is 72.1 Å². The van der Waals surface area contributed by atoms with Crippen molar-refractivity contribution in [3.63, 3.8) is 0 Å². The summed E-state index contributed by atoms with van der Waals surface area (Å²) >= 11 is 0. The molecule has 0 aliphatic carbocycles. The van der Waals surface area contributed by atoms with E-state index in [0.717, 1.165) is 65.6 Å². The van der Waals surface area contributed by atoms with E-state index in [1.807, 2.05) is 0 Å². The molecule has 2 fully saturated rings. The Morgan fingerprint density at radius 1 is 0.864 bits per heavy atom. The molecule has 0 aromatic carbocycles. The van der Waals surface area contributed by atoms with Crippen LogP contribution in [0.5, 0.6) is 0 Å². The smallest absolute Gasteiger partial charge is 0.0793 e. The topological polar surface area (TPSA) is 39.2 Å². The van der Waals surface area contributed by atoms with Gasteiger partial charge in [0.15, 0.2) is 0 Å². The maximum Gasteiger partial charge on any atom is 0.0793 e. The Balaban J connectivity index is 1.60. The molecule has 0 amide bonds. The standard InChI is InChI=1S/C17H35N3O2/c1-17(2,3)4-5-18-6-8-19(9-7-18)14-16(21)15-20-10-12-22-13-11-20/h16,21H,4-15H2,1-3H3. The maximum absolute atomic E-state index is 10.3. The molecule has 5 nitrogen and oxygen atoms in total. The number of aliphatic hydroxyl groups excluding tert-OH is 1. The van der Waals surface area contributed by atoms with Gasteiger partial charge in [-0.25, -0.2) is 0 Å². The number of β-amino-alcohol motifs (C(OH)–C–C–N with tert-alkyl or cyclic N) is 1. The molecule has 1 atom stereocenters.